The van der Waals surface area contributed by atoms with Crippen molar-refractivity contribution < 1.29 is 5.11 Å². The molecule has 5 heteroatoms. The molecule has 5 nitrogen and oxygen atoms in total. The summed E-state index contributed by atoms with van der Waals surface area (Å²) in [6.45, 7) is 2.60. The molecule has 0 aliphatic rings. The number of nitrogens with zero attached hydrogens (tertiary/aromatic N) is 3. The third-order valence-corrected chi connectivity index (χ3v) is 3.26. The van der Waals surface area contributed by atoms with Gasteiger partial charge < -0.3 is 10.4 Å². The van der Waals surface area contributed by atoms with Crippen molar-refractivity contribution >= 4 is 5.69 Å². The van der Waals surface area contributed by atoms with E-state index in [1.807, 2.05) is 42.0 Å². The van der Waals surface area contributed by atoms with E-state index in [0.717, 1.165) is 22.9 Å². The van der Waals surface area contributed by atoms with Crippen LogP contribution in [0.3, 0.4) is 0 Å². The summed E-state index contributed by atoms with van der Waals surface area (Å²) in [5, 5.41) is 12.7. The second kappa shape index (κ2) is 5.66. The van der Waals surface area contributed by atoms with Crippen molar-refractivity contribution in [1.82, 2.24) is 14.5 Å². The van der Waals surface area contributed by atoms with Gasteiger partial charge in [0.25, 0.3) is 0 Å². The van der Waals surface area contributed by atoms with Crippen LogP contribution >= 0.6 is 0 Å². The maximum absolute atomic E-state index is 9.30. The van der Waals surface area contributed by atoms with Gasteiger partial charge in [0.05, 0.1) is 5.69 Å². The van der Waals surface area contributed by atoms with E-state index in [2.05, 4.69) is 15.3 Å². The first-order chi connectivity index (χ1) is 10.2. The molecule has 2 N–H and O–H groups in total. The lowest BCUT2D eigenvalue weighted by molar-refractivity contribution is 0.475. The number of rotatable bonds is 4. The van der Waals surface area contributed by atoms with Gasteiger partial charge in [-0.15, -0.1) is 0 Å². The normalized spacial score (nSPS) is 10.5. The van der Waals surface area contributed by atoms with Gasteiger partial charge in [-0.2, -0.15) is 0 Å². The lowest BCUT2D eigenvalue weighted by atomic mass is 10.2. The molecule has 1 aromatic carbocycles. The number of anilines is 1. The van der Waals surface area contributed by atoms with Crippen LogP contribution in [0.4, 0.5) is 5.69 Å². The second-order valence-corrected chi connectivity index (χ2v) is 4.74. The van der Waals surface area contributed by atoms with E-state index in [9.17, 15) is 5.11 Å². The van der Waals surface area contributed by atoms with Gasteiger partial charge in [0.15, 0.2) is 5.82 Å². The van der Waals surface area contributed by atoms with Gasteiger partial charge in [-0.05, 0) is 36.8 Å². The highest BCUT2D eigenvalue weighted by atomic mass is 16.3. The van der Waals surface area contributed by atoms with E-state index in [-0.39, 0.29) is 5.75 Å². The van der Waals surface area contributed by atoms with Gasteiger partial charge in [0.2, 0.25) is 0 Å². The molecular formula is C16H16N4O. The summed E-state index contributed by atoms with van der Waals surface area (Å²) >= 11 is 0. The zero-order valence-corrected chi connectivity index (χ0v) is 11.7. The minimum absolute atomic E-state index is 0.273. The summed E-state index contributed by atoms with van der Waals surface area (Å²) in [6.07, 6.45) is 5.41. The van der Waals surface area contributed by atoms with Gasteiger partial charge in [0, 0.05) is 25.1 Å². The van der Waals surface area contributed by atoms with Crippen LogP contribution in [0, 0.1) is 6.92 Å². The molecule has 0 radical (unpaired) electrons. The van der Waals surface area contributed by atoms with Crippen LogP contribution in [0.1, 0.15) is 11.4 Å². The molecule has 0 unspecified atom stereocenters. The van der Waals surface area contributed by atoms with Gasteiger partial charge in [-0.3, -0.25) is 4.57 Å². The predicted molar refractivity (Wildman–Crippen MR) is 81.5 cm³/mol. The van der Waals surface area contributed by atoms with Crippen LogP contribution in [0.2, 0.25) is 0 Å². The van der Waals surface area contributed by atoms with E-state index < -0.39 is 0 Å². The molecule has 106 valence electrons. The molecule has 0 aliphatic carbocycles. The van der Waals surface area contributed by atoms with Crippen LogP contribution in [-0.2, 0) is 6.54 Å². The molecule has 0 fully saturated rings. The number of aromatic hydroxyl groups is 1. The summed E-state index contributed by atoms with van der Waals surface area (Å²) in [6, 6.07) is 11.0. The molecule has 0 spiro atoms. The van der Waals surface area contributed by atoms with E-state index in [1.165, 1.54) is 0 Å². The molecule has 2 aromatic heterocycles. The van der Waals surface area contributed by atoms with Crippen molar-refractivity contribution in [2.24, 2.45) is 0 Å². The van der Waals surface area contributed by atoms with E-state index >= 15 is 0 Å². The van der Waals surface area contributed by atoms with Crippen molar-refractivity contribution in [3.63, 3.8) is 0 Å². The Morgan fingerprint density at radius 2 is 1.90 bits per heavy atom. The molecule has 0 saturated carbocycles. The highest BCUT2D eigenvalue weighted by molar-refractivity contribution is 5.57. The second-order valence-electron chi connectivity index (χ2n) is 4.74. The number of nitrogens with one attached hydrogen (secondary N) is 1. The van der Waals surface area contributed by atoms with Gasteiger partial charge in [0.1, 0.15) is 11.6 Å². The first-order valence-electron chi connectivity index (χ1n) is 6.71. The first kappa shape index (κ1) is 13.2. The minimum Gasteiger partial charge on any atom is -0.508 e. The van der Waals surface area contributed by atoms with Crippen LogP contribution in [0.15, 0.2) is 55.0 Å². The summed E-state index contributed by atoms with van der Waals surface area (Å²) < 4.78 is 1.94. The lowest BCUT2D eigenvalue weighted by Crippen LogP contribution is -2.06. The smallest absolute Gasteiger partial charge is 0.161 e. The molecule has 0 bridgehead atoms. The standard InChI is InChI=1S/C16H16N4O/c1-12-17-9-10-20(12)16-15(3-2-8-18-16)19-11-13-4-6-14(21)7-5-13/h2-10,19,21H,11H2,1H3. The average Bonchev–Trinajstić information content (AvgIpc) is 2.93. The SMILES string of the molecule is Cc1nccn1-c1ncccc1NCc1ccc(O)cc1. The molecule has 0 amide bonds. The maximum Gasteiger partial charge on any atom is 0.161 e. The molecule has 0 aliphatic heterocycles. The molecule has 21 heavy (non-hydrogen) atoms. The largest absolute Gasteiger partial charge is 0.508 e. The quantitative estimate of drug-likeness (QED) is 0.771. The minimum atomic E-state index is 0.273. The Bertz CT molecular complexity index is 734. The molecule has 3 rings (SSSR count). The van der Waals surface area contributed by atoms with Gasteiger partial charge >= 0.3 is 0 Å². The Labute approximate surface area is 122 Å². The topological polar surface area (TPSA) is 63.0 Å². The number of phenols is 1. The Hall–Kier alpha value is -2.82. The fraction of sp³-hybridized carbons (Fsp3) is 0.125. The van der Waals surface area contributed by atoms with Crippen LogP contribution in [0.25, 0.3) is 5.82 Å². The number of imidazole rings is 1. The fourth-order valence-electron chi connectivity index (χ4n) is 2.14. The van der Waals surface area contributed by atoms with Crippen molar-refractivity contribution in [2.45, 2.75) is 13.5 Å². The summed E-state index contributed by atoms with van der Waals surface area (Å²) in [7, 11) is 0. The van der Waals surface area contributed by atoms with Crippen LogP contribution < -0.4 is 5.32 Å². The Kier molecular flexibility index (Phi) is 3.55. The van der Waals surface area contributed by atoms with Crippen LogP contribution in [-0.4, -0.2) is 19.6 Å². The first-order valence-corrected chi connectivity index (χ1v) is 6.71. The summed E-state index contributed by atoms with van der Waals surface area (Å²) in [5.41, 5.74) is 2.02. The van der Waals surface area contributed by atoms with Crippen molar-refractivity contribution in [2.75, 3.05) is 5.32 Å². The van der Waals surface area contributed by atoms with E-state index in [4.69, 9.17) is 0 Å². The monoisotopic (exact) mass is 280 g/mol. The molecule has 0 saturated heterocycles. The molecule has 0 atom stereocenters. The zero-order valence-electron chi connectivity index (χ0n) is 11.7. The number of phenolic OH excluding ortho intramolecular Hbond substituents is 1. The summed E-state index contributed by atoms with van der Waals surface area (Å²) in [5.74, 6) is 1.99. The number of pyridine rings is 1. The highest BCUT2D eigenvalue weighted by Crippen LogP contribution is 2.19. The predicted octanol–water partition coefficient (Wildman–Crippen LogP) is 2.89. The molecule has 3 aromatic rings. The third-order valence-electron chi connectivity index (χ3n) is 3.26. The Balaban J connectivity index is 1.83. The average molecular weight is 280 g/mol. The number of hydrogen-bond acceptors (Lipinski definition) is 4. The van der Waals surface area contributed by atoms with Crippen molar-refractivity contribution in [3.8, 4) is 11.6 Å². The Morgan fingerprint density at radius 1 is 1.10 bits per heavy atom. The molecular weight excluding hydrogens is 264 g/mol. The van der Waals surface area contributed by atoms with Gasteiger partial charge in [-0.25, -0.2) is 9.97 Å². The number of aryl methyl sites for hydroxylation is 1. The van der Waals surface area contributed by atoms with E-state index in [1.54, 1.807) is 24.5 Å². The van der Waals surface area contributed by atoms with Crippen molar-refractivity contribution in [1.29, 1.82) is 0 Å². The Morgan fingerprint density at radius 3 is 2.62 bits per heavy atom. The summed E-state index contributed by atoms with van der Waals surface area (Å²) in [4.78, 5) is 8.66. The molecule has 2 heterocycles. The van der Waals surface area contributed by atoms with E-state index in [0.29, 0.717) is 6.54 Å². The van der Waals surface area contributed by atoms with Crippen LogP contribution in [0.5, 0.6) is 5.75 Å². The van der Waals surface area contributed by atoms with Crippen molar-refractivity contribution in [3.05, 3.63) is 66.4 Å². The third kappa shape index (κ3) is 2.86. The van der Waals surface area contributed by atoms with Gasteiger partial charge in [-0.1, -0.05) is 12.1 Å². The maximum atomic E-state index is 9.30. The number of benzene rings is 1. The zero-order chi connectivity index (χ0) is 14.7. The number of aromatic nitrogens is 3. The number of hydrogen-bond donors (Lipinski definition) is 2. The fourth-order valence-corrected chi connectivity index (χ4v) is 2.14. The lowest BCUT2D eigenvalue weighted by Gasteiger charge is -2.12. The highest BCUT2D eigenvalue weighted by Gasteiger charge is 2.07.